The minimum atomic E-state index is -0.640. The molecule has 2 rings (SSSR count). The first-order chi connectivity index (χ1) is 12.3. The molecule has 1 heterocycles. The molecule has 0 aliphatic heterocycles. The maximum atomic E-state index is 13.9. The van der Waals surface area contributed by atoms with Crippen LogP contribution < -0.4 is 11.1 Å². The van der Waals surface area contributed by atoms with Gasteiger partial charge in [-0.1, -0.05) is 36.7 Å². The van der Waals surface area contributed by atoms with Gasteiger partial charge in [-0.25, -0.2) is 9.37 Å². The Kier molecular flexibility index (Phi) is 6.54. The Labute approximate surface area is 159 Å². The number of aromatic nitrogens is 1. The van der Waals surface area contributed by atoms with Crippen molar-refractivity contribution in [1.29, 1.82) is 0 Å². The number of pyridine rings is 1. The second kappa shape index (κ2) is 8.64. The van der Waals surface area contributed by atoms with Crippen molar-refractivity contribution in [3.63, 3.8) is 0 Å². The van der Waals surface area contributed by atoms with E-state index in [1.54, 1.807) is 0 Å². The molecule has 0 bridgehead atoms. The monoisotopic (exact) mass is 396 g/mol. The lowest BCUT2D eigenvalue weighted by atomic mass is 10.2. The van der Waals surface area contributed by atoms with Gasteiger partial charge in [0.05, 0.1) is 10.0 Å². The summed E-state index contributed by atoms with van der Waals surface area (Å²) >= 11 is 11.7. The Morgan fingerprint density at radius 1 is 1.42 bits per heavy atom. The molecule has 0 radical (unpaired) electrons. The van der Waals surface area contributed by atoms with Gasteiger partial charge in [-0.05, 0) is 24.3 Å². The third-order valence-electron chi connectivity index (χ3n) is 3.10. The smallest absolute Gasteiger partial charge is 0.292 e. The fraction of sp³-hybridized carbons (Fsp3) is 0.118. The van der Waals surface area contributed by atoms with Gasteiger partial charge in [0, 0.05) is 18.3 Å². The maximum absolute atomic E-state index is 13.9. The molecule has 0 spiro atoms. The molecule has 3 N–H and O–H groups in total. The summed E-state index contributed by atoms with van der Waals surface area (Å²) in [6, 6.07) is 4.92. The summed E-state index contributed by atoms with van der Waals surface area (Å²) in [5, 5.41) is 2.94. The van der Waals surface area contributed by atoms with Gasteiger partial charge in [-0.3, -0.25) is 4.79 Å². The third kappa shape index (κ3) is 5.18. The SMILES string of the molecule is C=C(CC)O/C(N)=N\c1cc(NC(=O)c2ncc(Cl)cc2Cl)ccc1F. The highest BCUT2D eigenvalue weighted by atomic mass is 35.5. The van der Waals surface area contributed by atoms with E-state index >= 15 is 0 Å². The van der Waals surface area contributed by atoms with Gasteiger partial charge >= 0.3 is 0 Å². The Morgan fingerprint density at radius 2 is 2.15 bits per heavy atom. The van der Waals surface area contributed by atoms with Gasteiger partial charge in [0.15, 0.2) is 0 Å². The first kappa shape index (κ1) is 19.7. The summed E-state index contributed by atoms with van der Waals surface area (Å²) in [6.07, 6.45) is 1.82. The van der Waals surface area contributed by atoms with Crippen LogP contribution in [-0.4, -0.2) is 16.9 Å². The van der Waals surface area contributed by atoms with Gasteiger partial charge < -0.3 is 15.8 Å². The van der Waals surface area contributed by atoms with E-state index in [-0.39, 0.29) is 28.1 Å². The minimum Gasteiger partial charge on any atom is -0.431 e. The lowest BCUT2D eigenvalue weighted by molar-refractivity contribution is 0.102. The summed E-state index contributed by atoms with van der Waals surface area (Å²) in [4.78, 5) is 20.0. The lowest BCUT2D eigenvalue weighted by Crippen LogP contribution is -2.15. The van der Waals surface area contributed by atoms with Crippen LogP contribution in [0.4, 0.5) is 15.8 Å². The summed E-state index contributed by atoms with van der Waals surface area (Å²) < 4.78 is 19.0. The number of anilines is 1. The number of carbonyl (C=O) groups is 1. The number of amidine groups is 1. The zero-order chi connectivity index (χ0) is 19.3. The van der Waals surface area contributed by atoms with Gasteiger partial charge in [-0.15, -0.1) is 0 Å². The van der Waals surface area contributed by atoms with E-state index in [9.17, 15) is 9.18 Å². The molecule has 6 nitrogen and oxygen atoms in total. The summed E-state index contributed by atoms with van der Waals surface area (Å²) in [6.45, 7) is 5.44. The van der Waals surface area contributed by atoms with Crippen LogP contribution in [0.25, 0.3) is 0 Å². The molecule has 9 heteroatoms. The molecule has 1 aromatic carbocycles. The van der Waals surface area contributed by atoms with Crippen LogP contribution in [0.1, 0.15) is 23.8 Å². The Bertz CT molecular complexity index is 887. The van der Waals surface area contributed by atoms with Gasteiger partial charge in [0.2, 0.25) is 0 Å². The molecule has 2 aromatic rings. The second-order valence-corrected chi connectivity index (χ2v) is 5.89. The van der Waals surface area contributed by atoms with Crippen molar-refractivity contribution in [3.05, 3.63) is 64.4 Å². The summed E-state index contributed by atoms with van der Waals surface area (Å²) in [5.74, 6) is -0.837. The van der Waals surface area contributed by atoms with Crippen LogP contribution in [-0.2, 0) is 4.74 Å². The Balaban J connectivity index is 2.22. The van der Waals surface area contributed by atoms with Crippen LogP contribution in [0.15, 0.2) is 47.8 Å². The van der Waals surface area contributed by atoms with Crippen molar-refractivity contribution in [3.8, 4) is 0 Å². The van der Waals surface area contributed by atoms with Crippen LogP contribution in [0.3, 0.4) is 0 Å². The molecule has 1 aromatic heterocycles. The van der Waals surface area contributed by atoms with Crippen molar-refractivity contribution in [2.24, 2.45) is 10.7 Å². The van der Waals surface area contributed by atoms with Crippen molar-refractivity contribution in [2.75, 3.05) is 5.32 Å². The molecule has 26 heavy (non-hydrogen) atoms. The number of rotatable bonds is 5. The number of halogens is 3. The topological polar surface area (TPSA) is 89.6 Å². The number of nitrogens with two attached hydrogens (primary N) is 1. The highest BCUT2D eigenvalue weighted by Crippen LogP contribution is 2.24. The normalized spacial score (nSPS) is 11.2. The fourth-order valence-corrected chi connectivity index (χ4v) is 2.28. The molecule has 0 aliphatic rings. The lowest BCUT2D eigenvalue weighted by Gasteiger charge is -2.08. The molecule has 0 saturated carbocycles. The quantitative estimate of drug-likeness (QED) is 0.436. The second-order valence-electron chi connectivity index (χ2n) is 5.05. The van der Waals surface area contributed by atoms with Crippen LogP contribution >= 0.6 is 23.2 Å². The van der Waals surface area contributed by atoms with Gasteiger partial charge in [0.1, 0.15) is 23.0 Å². The fourth-order valence-electron chi connectivity index (χ4n) is 1.81. The largest absolute Gasteiger partial charge is 0.431 e. The molecular formula is C17H15Cl2FN4O2. The summed E-state index contributed by atoms with van der Waals surface area (Å²) in [5.41, 5.74) is 5.74. The predicted molar refractivity (Wildman–Crippen MR) is 100 cm³/mol. The zero-order valence-electron chi connectivity index (χ0n) is 13.7. The first-order valence-corrected chi connectivity index (χ1v) is 8.17. The molecular weight excluding hydrogens is 382 g/mol. The average Bonchev–Trinajstić information content (AvgIpc) is 2.57. The maximum Gasteiger partial charge on any atom is 0.292 e. The number of nitrogens with zero attached hydrogens (tertiary/aromatic N) is 2. The van der Waals surface area contributed by atoms with Crippen molar-refractivity contribution in [2.45, 2.75) is 13.3 Å². The third-order valence-corrected chi connectivity index (χ3v) is 3.60. The Morgan fingerprint density at radius 3 is 2.81 bits per heavy atom. The van der Waals surface area contributed by atoms with Crippen molar-refractivity contribution < 1.29 is 13.9 Å². The number of nitrogens with one attached hydrogen (secondary N) is 1. The molecule has 0 saturated heterocycles. The Hall–Kier alpha value is -2.64. The van der Waals surface area contributed by atoms with E-state index in [4.69, 9.17) is 33.7 Å². The number of carbonyl (C=O) groups excluding carboxylic acids is 1. The zero-order valence-corrected chi connectivity index (χ0v) is 15.2. The number of hydrogen-bond acceptors (Lipinski definition) is 4. The van der Waals surface area contributed by atoms with E-state index in [2.05, 4.69) is 21.9 Å². The standard InChI is InChI=1S/C17H15Cl2FN4O2/c1-3-9(2)26-17(21)24-14-7-11(4-5-13(14)20)23-16(25)15-12(19)6-10(18)8-22-15/h4-8H,2-3H2,1H3,(H2,21,24)(H,23,25). The molecule has 0 unspecified atom stereocenters. The minimum absolute atomic E-state index is 0.0208. The number of hydrogen-bond donors (Lipinski definition) is 2. The molecule has 0 fully saturated rings. The van der Waals surface area contributed by atoms with E-state index < -0.39 is 11.7 Å². The van der Waals surface area contributed by atoms with Crippen LogP contribution in [0.2, 0.25) is 10.0 Å². The average molecular weight is 397 g/mol. The van der Waals surface area contributed by atoms with Gasteiger partial charge in [0.25, 0.3) is 11.9 Å². The number of allylic oxidation sites excluding steroid dienone is 1. The van der Waals surface area contributed by atoms with E-state index in [0.717, 1.165) is 6.07 Å². The molecule has 0 atom stereocenters. The highest BCUT2D eigenvalue weighted by molar-refractivity contribution is 6.36. The predicted octanol–water partition coefficient (Wildman–Crippen LogP) is 4.67. The van der Waals surface area contributed by atoms with Gasteiger partial charge in [-0.2, -0.15) is 4.99 Å². The summed E-state index contributed by atoms with van der Waals surface area (Å²) in [7, 11) is 0. The van der Waals surface area contributed by atoms with E-state index in [1.807, 2.05) is 6.92 Å². The first-order valence-electron chi connectivity index (χ1n) is 7.42. The molecule has 1 amide bonds. The van der Waals surface area contributed by atoms with Crippen molar-refractivity contribution >= 4 is 46.5 Å². The number of amides is 1. The van der Waals surface area contributed by atoms with Crippen LogP contribution in [0, 0.1) is 5.82 Å². The number of aliphatic imine (C=N–C) groups is 1. The number of ether oxygens (including phenoxy) is 1. The molecule has 0 aliphatic carbocycles. The van der Waals surface area contributed by atoms with E-state index in [1.165, 1.54) is 24.4 Å². The van der Waals surface area contributed by atoms with Crippen molar-refractivity contribution in [1.82, 2.24) is 4.98 Å². The van der Waals surface area contributed by atoms with Crippen LogP contribution in [0.5, 0.6) is 0 Å². The molecule has 136 valence electrons. The highest BCUT2D eigenvalue weighted by Gasteiger charge is 2.14. The van der Waals surface area contributed by atoms with E-state index in [0.29, 0.717) is 17.2 Å². The number of benzene rings is 1.